The molecular formula is C14H13NO4S. The number of benzene rings is 2. The van der Waals surface area contributed by atoms with Gasteiger partial charge < -0.3 is 10.2 Å². The smallest absolute Gasteiger partial charge is 0.243 e. The monoisotopic (exact) mass is 291 g/mol. The Hall–Kier alpha value is -2.05. The van der Waals surface area contributed by atoms with Gasteiger partial charge in [-0.25, -0.2) is 8.42 Å². The number of hydrogen-bond donors (Lipinski definition) is 2. The number of phenols is 2. The number of sulfonamides is 1. The van der Waals surface area contributed by atoms with Gasteiger partial charge in [0, 0.05) is 25.2 Å². The highest BCUT2D eigenvalue weighted by Crippen LogP contribution is 2.38. The Balaban J connectivity index is 2.40. The molecule has 1 heterocycles. The van der Waals surface area contributed by atoms with Gasteiger partial charge in [-0.3, -0.25) is 0 Å². The van der Waals surface area contributed by atoms with Gasteiger partial charge >= 0.3 is 0 Å². The fourth-order valence-corrected chi connectivity index (χ4v) is 3.78. The minimum absolute atomic E-state index is 0.0736. The van der Waals surface area contributed by atoms with Gasteiger partial charge in [-0.05, 0) is 35.4 Å². The molecule has 2 N–H and O–H groups in total. The van der Waals surface area contributed by atoms with Crippen molar-refractivity contribution >= 4 is 10.0 Å². The summed E-state index contributed by atoms with van der Waals surface area (Å²) in [5, 5.41) is 19.1. The summed E-state index contributed by atoms with van der Waals surface area (Å²) in [5.74, 6) is -0.000250. The third kappa shape index (κ3) is 1.85. The first kappa shape index (κ1) is 13.0. The number of phenolic OH excluding ortho intramolecular Hbond substituents is 2. The predicted molar refractivity (Wildman–Crippen MR) is 73.9 cm³/mol. The normalized spacial score (nSPS) is 17.1. The van der Waals surface area contributed by atoms with Crippen LogP contribution in [0.1, 0.15) is 5.56 Å². The lowest BCUT2D eigenvalue weighted by molar-refractivity contribution is 0.458. The molecule has 6 heteroatoms. The molecule has 0 radical (unpaired) electrons. The maximum absolute atomic E-state index is 12.5. The summed E-state index contributed by atoms with van der Waals surface area (Å²) in [6, 6.07) is 9.06. The minimum Gasteiger partial charge on any atom is -0.508 e. The van der Waals surface area contributed by atoms with E-state index in [-0.39, 0.29) is 22.9 Å². The van der Waals surface area contributed by atoms with Crippen molar-refractivity contribution in [1.29, 1.82) is 0 Å². The number of fused-ring (bicyclic) bond motifs is 3. The van der Waals surface area contributed by atoms with Crippen LogP contribution in [0.2, 0.25) is 0 Å². The van der Waals surface area contributed by atoms with Crippen LogP contribution in [0.4, 0.5) is 0 Å². The van der Waals surface area contributed by atoms with Crippen molar-refractivity contribution in [2.75, 3.05) is 7.05 Å². The van der Waals surface area contributed by atoms with Crippen LogP contribution < -0.4 is 0 Å². The molecule has 0 unspecified atom stereocenters. The molecule has 2 aromatic rings. The first-order valence-electron chi connectivity index (χ1n) is 6.01. The molecule has 2 aromatic carbocycles. The third-order valence-corrected chi connectivity index (χ3v) is 5.27. The van der Waals surface area contributed by atoms with Crippen molar-refractivity contribution in [2.45, 2.75) is 11.4 Å². The van der Waals surface area contributed by atoms with Crippen LogP contribution in [0.25, 0.3) is 11.1 Å². The Morgan fingerprint density at radius 1 is 1.00 bits per heavy atom. The van der Waals surface area contributed by atoms with Crippen LogP contribution in [-0.4, -0.2) is 30.0 Å². The molecule has 0 amide bonds. The Morgan fingerprint density at radius 3 is 2.30 bits per heavy atom. The molecule has 5 nitrogen and oxygen atoms in total. The molecule has 0 aromatic heterocycles. The molecule has 0 saturated heterocycles. The van der Waals surface area contributed by atoms with Gasteiger partial charge in [-0.15, -0.1) is 0 Å². The summed E-state index contributed by atoms with van der Waals surface area (Å²) < 4.78 is 26.2. The molecule has 0 atom stereocenters. The van der Waals surface area contributed by atoms with Gasteiger partial charge in [0.1, 0.15) is 11.5 Å². The zero-order chi connectivity index (χ0) is 14.5. The fraction of sp³-hybridized carbons (Fsp3) is 0.143. The van der Waals surface area contributed by atoms with Crippen molar-refractivity contribution in [1.82, 2.24) is 4.31 Å². The lowest BCUT2D eigenvalue weighted by atomic mass is 9.99. The molecule has 0 aliphatic carbocycles. The Bertz CT molecular complexity index is 799. The molecule has 104 valence electrons. The topological polar surface area (TPSA) is 77.8 Å². The largest absolute Gasteiger partial charge is 0.508 e. The van der Waals surface area contributed by atoms with Crippen molar-refractivity contribution in [3.63, 3.8) is 0 Å². The molecule has 1 aliphatic rings. The van der Waals surface area contributed by atoms with Gasteiger partial charge in [0.2, 0.25) is 10.0 Å². The van der Waals surface area contributed by atoms with Crippen LogP contribution in [0.5, 0.6) is 11.5 Å². The van der Waals surface area contributed by atoms with Crippen LogP contribution >= 0.6 is 0 Å². The van der Waals surface area contributed by atoms with Crippen molar-refractivity contribution < 1.29 is 18.6 Å². The highest BCUT2D eigenvalue weighted by Gasteiger charge is 2.30. The van der Waals surface area contributed by atoms with E-state index in [2.05, 4.69) is 0 Å². The van der Waals surface area contributed by atoms with E-state index < -0.39 is 10.0 Å². The number of rotatable bonds is 0. The maximum atomic E-state index is 12.5. The Labute approximate surface area is 116 Å². The van der Waals surface area contributed by atoms with E-state index in [0.717, 1.165) is 11.1 Å². The van der Waals surface area contributed by atoms with Gasteiger partial charge in [0.25, 0.3) is 0 Å². The van der Waals surface area contributed by atoms with Gasteiger partial charge in [-0.1, -0.05) is 6.07 Å². The fourth-order valence-electron chi connectivity index (χ4n) is 2.41. The highest BCUT2D eigenvalue weighted by atomic mass is 32.2. The van der Waals surface area contributed by atoms with Crippen LogP contribution in [0.15, 0.2) is 41.3 Å². The van der Waals surface area contributed by atoms with E-state index in [1.54, 1.807) is 18.2 Å². The minimum atomic E-state index is -3.67. The zero-order valence-electron chi connectivity index (χ0n) is 10.7. The highest BCUT2D eigenvalue weighted by molar-refractivity contribution is 7.89. The average Bonchev–Trinajstić information content (AvgIpc) is 2.45. The second-order valence-corrected chi connectivity index (χ2v) is 6.80. The molecule has 20 heavy (non-hydrogen) atoms. The molecule has 0 saturated carbocycles. The van der Waals surface area contributed by atoms with Crippen LogP contribution in [0, 0.1) is 0 Å². The maximum Gasteiger partial charge on any atom is 0.243 e. The summed E-state index contributed by atoms with van der Waals surface area (Å²) in [7, 11) is -2.19. The number of aromatic hydroxyl groups is 2. The average molecular weight is 291 g/mol. The van der Waals surface area contributed by atoms with Crippen LogP contribution in [0.3, 0.4) is 0 Å². The van der Waals surface area contributed by atoms with E-state index in [4.69, 9.17) is 0 Å². The Kier molecular flexibility index (Phi) is 2.74. The lowest BCUT2D eigenvalue weighted by Gasteiger charge is -2.15. The Morgan fingerprint density at radius 2 is 1.60 bits per heavy atom. The third-order valence-electron chi connectivity index (χ3n) is 3.43. The van der Waals surface area contributed by atoms with Crippen LogP contribution in [-0.2, 0) is 16.6 Å². The van der Waals surface area contributed by atoms with Crippen molar-refractivity contribution in [3.8, 4) is 22.6 Å². The molecule has 0 fully saturated rings. The standard InChI is InChI=1S/C14H13NO4S/c1-15-8-9-6-10(16)2-4-12(9)13-5-3-11(17)7-14(13)20(15,18)19/h2-7,16-17H,8H2,1H3. The summed E-state index contributed by atoms with van der Waals surface area (Å²) in [6.07, 6.45) is 0. The predicted octanol–water partition coefficient (Wildman–Crippen LogP) is 1.90. The molecular weight excluding hydrogens is 278 g/mol. The first-order chi connectivity index (χ1) is 9.39. The molecule has 3 rings (SSSR count). The van der Waals surface area contributed by atoms with Gasteiger partial charge in [-0.2, -0.15) is 4.31 Å². The second kappa shape index (κ2) is 4.22. The van der Waals surface area contributed by atoms with E-state index >= 15 is 0 Å². The zero-order valence-corrected chi connectivity index (χ0v) is 11.6. The van der Waals surface area contributed by atoms with Gasteiger partial charge in [0.05, 0.1) is 4.90 Å². The number of nitrogens with zero attached hydrogens (tertiary/aromatic N) is 1. The van der Waals surface area contributed by atoms with E-state index in [1.807, 2.05) is 0 Å². The molecule has 0 bridgehead atoms. The van der Waals surface area contributed by atoms with E-state index in [1.165, 1.54) is 29.6 Å². The summed E-state index contributed by atoms with van der Waals surface area (Å²) in [5.41, 5.74) is 1.99. The van der Waals surface area contributed by atoms with Crippen molar-refractivity contribution in [3.05, 3.63) is 42.0 Å². The van der Waals surface area contributed by atoms with E-state index in [0.29, 0.717) is 5.56 Å². The molecule has 1 aliphatic heterocycles. The van der Waals surface area contributed by atoms with Crippen molar-refractivity contribution in [2.24, 2.45) is 0 Å². The first-order valence-corrected chi connectivity index (χ1v) is 7.45. The molecule has 0 spiro atoms. The summed E-state index contributed by atoms with van der Waals surface area (Å²) in [4.78, 5) is 0.0736. The summed E-state index contributed by atoms with van der Waals surface area (Å²) in [6.45, 7) is 0.168. The number of hydrogen-bond acceptors (Lipinski definition) is 4. The lowest BCUT2D eigenvalue weighted by Crippen LogP contribution is -2.25. The second-order valence-electron chi connectivity index (χ2n) is 4.78. The van der Waals surface area contributed by atoms with E-state index in [9.17, 15) is 18.6 Å². The quantitative estimate of drug-likeness (QED) is 0.777. The SMILES string of the molecule is CN1Cc2cc(O)ccc2-c2ccc(O)cc2S1(=O)=O. The summed E-state index contributed by atoms with van der Waals surface area (Å²) >= 11 is 0. The van der Waals surface area contributed by atoms with Gasteiger partial charge in [0.15, 0.2) is 0 Å².